The number of carbonyl (C=O) groups excluding carboxylic acids is 3. The zero-order valence-corrected chi connectivity index (χ0v) is 21.7. The highest BCUT2D eigenvalue weighted by Crippen LogP contribution is 2.77. The van der Waals surface area contributed by atoms with Crippen LogP contribution in [0, 0.1) is 46.3 Å². The average molecular weight is 505 g/mol. The Balaban J connectivity index is 1.22. The molecule has 194 valence electrons. The molecule has 11 atom stereocenters. The van der Waals surface area contributed by atoms with Crippen molar-refractivity contribution < 1.29 is 33.3 Å². The van der Waals surface area contributed by atoms with Gasteiger partial charge in [0.25, 0.3) is 5.79 Å². The third kappa shape index (κ3) is 2.33. The second-order valence-corrected chi connectivity index (χ2v) is 13.2. The second kappa shape index (κ2) is 6.37. The fourth-order valence-electron chi connectivity index (χ4n) is 9.53. The van der Waals surface area contributed by atoms with Gasteiger partial charge in [0.2, 0.25) is 0 Å². The van der Waals surface area contributed by atoms with Gasteiger partial charge in [0.05, 0.1) is 0 Å². The van der Waals surface area contributed by atoms with Crippen molar-refractivity contribution >= 4 is 17.9 Å². The predicted molar refractivity (Wildman–Crippen MR) is 129 cm³/mol. The van der Waals surface area contributed by atoms with Crippen LogP contribution in [-0.2, 0) is 33.3 Å². The maximum Gasteiger partial charge on any atom is 0.342 e. The topological polar surface area (TPSA) is 88.1 Å². The van der Waals surface area contributed by atoms with Gasteiger partial charge in [-0.3, -0.25) is 0 Å². The molecule has 8 aliphatic rings. The fraction of sp³-hybridized carbons (Fsp3) is 0.633. The van der Waals surface area contributed by atoms with Crippen LogP contribution in [0.3, 0.4) is 0 Å². The van der Waals surface area contributed by atoms with Gasteiger partial charge in [0.1, 0.15) is 6.10 Å². The van der Waals surface area contributed by atoms with Crippen LogP contribution in [0.15, 0.2) is 46.6 Å². The van der Waals surface area contributed by atoms with E-state index in [9.17, 15) is 14.4 Å². The summed E-state index contributed by atoms with van der Waals surface area (Å²) in [5, 5.41) is 0. The Morgan fingerprint density at radius 3 is 2.24 bits per heavy atom. The summed E-state index contributed by atoms with van der Waals surface area (Å²) in [6.07, 6.45) is 2.12. The summed E-state index contributed by atoms with van der Waals surface area (Å²) in [7, 11) is 0. The van der Waals surface area contributed by atoms with Gasteiger partial charge < -0.3 is 18.9 Å². The molecule has 3 heterocycles. The number of carbonyl (C=O) groups is 3. The summed E-state index contributed by atoms with van der Waals surface area (Å²) in [4.78, 5) is 37.5. The van der Waals surface area contributed by atoms with Crippen LogP contribution in [0.25, 0.3) is 0 Å². The van der Waals surface area contributed by atoms with Gasteiger partial charge in [-0.1, -0.05) is 38.2 Å². The standard InChI is InChI=1S/C30H32O7/c1-11-16-8-22(16)29(6,18(11)9-17-13(3)23(31)34-25(17)33)27-35-26-28(5)19(12(2)15-7-21(15)28)10-20-14(4)24(32)36-30(20,26)37-27/h15-16,18-19,21-22,26-27H,1-2,7-10H2,3-6H3/t15-,16-,18+,19+,21-,22-,26+,27+,28-,29-,30-/m1/s1. The highest BCUT2D eigenvalue weighted by Gasteiger charge is 2.80. The molecule has 0 amide bonds. The quantitative estimate of drug-likeness (QED) is 0.324. The Morgan fingerprint density at radius 1 is 0.892 bits per heavy atom. The van der Waals surface area contributed by atoms with E-state index in [0.717, 1.165) is 24.0 Å². The smallest absolute Gasteiger partial charge is 0.342 e. The molecule has 0 aromatic carbocycles. The lowest BCUT2D eigenvalue weighted by atomic mass is 9.60. The number of hydrogen-bond donors (Lipinski definition) is 0. The molecule has 0 aromatic rings. The van der Waals surface area contributed by atoms with E-state index >= 15 is 0 Å². The number of fused-ring (bicyclic) bond motifs is 5. The van der Waals surface area contributed by atoms with E-state index in [1.54, 1.807) is 6.92 Å². The van der Waals surface area contributed by atoms with E-state index in [4.69, 9.17) is 18.9 Å². The lowest BCUT2D eigenvalue weighted by Crippen LogP contribution is -2.57. The van der Waals surface area contributed by atoms with Gasteiger partial charge in [-0.2, -0.15) is 0 Å². The molecule has 8 rings (SSSR count). The van der Waals surface area contributed by atoms with Crippen LogP contribution in [0.2, 0.25) is 0 Å². The molecule has 0 N–H and O–H groups in total. The number of cyclic esters (lactones) is 2. The molecule has 7 heteroatoms. The summed E-state index contributed by atoms with van der Waals surface area (Å²) >= 11 is 0. The van der Waals surface area contributed by atoms with E-state index < -0.39 is 35.5 Å². The molecule has 0 unspecified atom stereocenters. The summed E-state index contributed by atoms with van der Waals surface area (Å²) < 4.78 is 25.0. The highest BCUT2D eigenvalue weighted by atomic mass is 16.8. The monoisotopic (exact) mass is 504 g/mol. The van der Waals surface area contributed by atoms with Crippen molar-refractivity contribution in [3.63, 3.8) is 0 Å². The van der Waals surface area contributed by atoms with Gasteiger partial charge >= 0.3 is 17.9 Å². The summed E-state index contributed by atoms with van der Waals surface area (Å²) in [5.41, 5.74) is 3.95. The number of hydrogen-bond acceptors (Lipinski definition) is 7. The second-order valence-electron chi connectivity index (χ2n) is 13.2. The number of rotatable bonds is 3. The zero-order valence-electron chi connectivity index (χ0n) is 21.7. The Hall–Kier alpha value is -2.51. The van der Waals surface area contributed by atoms with Crippen LogP contribution in [0.1, 0.15) is 53.4 Å². The molecule has 1 saturated heterocycles. The Kier molecular flexibility index (Phi) is 3.87. The van der Waals surface area contributed by atoms with Gasteiger partial charge in [0, 0.05) is 33.1 Å². The van der Waals surface area contributed by atoms with Crippen LogP contribution in [-0.4, -0.2) is 36.1 Å². The summed E-state index contributed by atoms with van der Waals surface area (Å²) in [5.74, 6) is -0.980. The first-order chi connectivity index (χ1) is 17.4. The molecule has 1 spiro atoms. The first kappa shape index (κ1) is 22.5. The van der Waals surface area contributed by atoms with Gasteiger partial charge in [0.15, 0.2) is 6.29 Å². The minimum Gasteiger partial charge on any atom is -0.422 e. The molecule has 5 saturated carbocycles. The van der Waals surface area contributed by atoms with Crippen molar-refractivity contribution in [1.29, 1.82) is 0 Å². The normalized spacial score (nSPS) is 52.7. The fourth-order valence-corrected chi connectivity index (χ4v) is 9.53. The van der Waals surface area contributed by atoms with Crippen LogP contribution >= 0.6 is 0 Å². The van der Waals surface area contributed by atoms with Crippen molar-refractivity contribution in [2.75, 3.05) is 0 Å². The van der Waals surface area contributed by atoms with E-state index in [1.165, 1.54) is 5.57 Å². The molecule has 5 aliphatic carbocycles. The van der Waals surface area contributed by atoms with E-state index in [1.807, 2.05) is 6.92 Å². The van der Waals surface area contributed by atoms with Crippen LogP contribution in [0.5, 0.6) is 0 Å². The average Bonchev–Trinajstić information content (AvgIpc) is 3.71. The Bertz CT molecular complexity index is 1350. The van der Waals surface area contributed by atoms with Crippen LogP contribution in [0.4, 0.5) is 0 Å². The molecule has 0 radical (unpaired) electrons. The largest absolute Gasteiger partial charge is 0.422 e. The Labute approximate surface area is 215 Å². The molecular weight excluding hydrogens is 472 g/mol. The lowest BCUT2D eigenvalue weighted by molar-refractivity contribution is -0.232. The minimum absolute atomic E-state index is 0.123. The summed E-state index contributed by atoms with van der Waals surface area (Å²) in [6.45, 7) is 16.8. The molecular formula is C30H32O7. The van der Waals surface area contributed by atoms with Crippen LogP contribution < -0.4 is 0 Å². The SMILES string of the molecule is C=C1[C@H]2C[C@H]2[C@](C)([C@H]2O[C@@H]3[C@]4(OC(=O)C(C)=C4C[C@H]4C(=C)[C@H]5C[C@H]5[C@]34C)O2)[C@H]1CC1=C(C)C(=O)OC1=O. The van der Waals surface area contributed by atoms with Crippen molar-refractivity contribution in [2.24, 2.45) is 46.3 Å². The maximum atomic E-state index is 13.0. The van der Waals surface area contributed by atoms with Crippen molar-refractivity contribution in [2.45, 2.75) is 71.6 Å². The molecule has 3 aliphatic heterocycles. The number of ether oxygens (including phenoxy) is 4. The van der Waals surface area contributed by atoms with Crippen molar-refractivity contribution in [3.05, 3.63) is 46.6 Å². The van der Waals surface area contributed by atoms with Gasteiger partial charge in [-0.25, -0.2) is 14.4 Å². The van der Waals surface area contributed by atoms with Gasteiger partial charge in [-0.15, -0.1) is 0 Å². The zero-order chi connectivity index (χ0) is 26.0. The first-order valence-corrected chi connectivity index (χ1v) is 13.5. The summed E-state index contributed by atoms with van der Waals surface area (Å²) in [6, 6.07) is 0. The third-order valence-corrected chi connectivity index (χ3v) is 11.9. The molecule has 0 aromatic heterocycles. The van der Waals surface area contributed by atoms with Crippen molar-refractivity contribution in [3.8, 4) is 0 Å². The third-order valence-electron chi connectivity index (χ3n) is 11.9. The lowest BCUT2D eigenvalue weighted by Gasteiger charge is -2.49. The van der Waals surface area contributed by atoms with Gasteiger partial charge in [-0.05, 0) is 75.0 Å². The van der Waals surface area contributed by atoms with E-state index in [2.05, 4.69) is 27.0 Å². The molecule has 0 bridgehead atoms. The van der Waals surface area contributed by atoms with E-state index in [0.29, 0.717) is 53.2 Å². The first-order valence-electron chi connectivity index (χ1n) is 13.5. The number of allylic oxidation sites excluding steroid dienone is 2. The molecule has 7 nitrogen and oxygen atoms in total. The number of esters is 3. The highest BCUT2D eigenvalue weighted by molar-refractivity contribution is 6.12. The van der Waals surface area contributed by atoms with Crippen molar-refractivity contribution in [1.82, 2.24) is 0 Å². The maximum absolute atomic E-state index is 13.0. The molecule has 6 fully saturated rings. The predicted octanol–water partition coefficient (Wildman–Crippen LogP) is 4.15. The molecule has 37 heavy (non-hydrogen) atoms. The minimum atomic E-state index is -1.21. The van der Waals surface area contributed by atoms with E-state index in [-0.39, 0.29) is 23.2 Å². The Morgan fingerprint density at radius 2 is 1.57 bits per heavy atom.